The summed E-state index contributed by atoms with van der Waals surface area (Å²) in [4.78, 5) is 0. The van der Waals surface area contributed by atoms with E-state index in [9.17, 15) is 0 Å². The topological polar surface area (TPSA) is 47.7 Å². The molecule has 0 amide bonds. The van der Waals surface area contributed by atoms with Gasteiger partial charge in [0.15, 0.2) is 0 Å². The van der Waals surface area contributed by atoms with Crippen LogP contribution < -0.4 is 5.32 Å². The molecule has 2 rings (SSSR count). The molecule has 0 aliphatic rings. The van der Waals surface area contributed by atoms with Gasteiger partial charge in [0.05, 0.1) is 18.1 Å². The van der Waals surface area contributed by atoms with E-state index in [1.807, 2.05) is 28.0 Å². The van der Waals surface area contributed by atoms with Gasteiger partial charge in [-0.1, -0.05) is 0 Å². The summed E-state index contributed by atoms with van der Waals surface area (Å²) in [6.07, 6.45) is 5.79. The molecule has 17 heavy (non-hydrogen) atoms. The van der Waals surface area contributed by atoms with E-state index in [0.717, 1.165) is 25.3 Å². The van der Waals surface area contributed by atoms with Gasteiger partial charge in [0.25, 0.3) is 0 Å². The van der Waals surface area contributed by atoms with Gasteiger partial charge in [-0.05, 0) is 20.8 Å². The predicted molar refractivity (Wildman–Crippen MR) is 67.9 cm³/mol. The van der Waals surface area contributed by atoms with E-state index in [-0.39, 0.29) is 0 Å². The fraction of sp³-hybridized carbons (Fsp3) is 0.500. The lowest BCUT2D eigenvalue weighted by molar-refractivity contribution is 0.638. The second kappa shape index (κ2) is 5.03. The van der Waals surface area contributed by atoms with Crippen LogP contribution >= 0.6 is 0 Å². The third-order valence-corrected chi connectivity index (χ3v) is 2.94. The molecule has 0 radical (unpaired) electrons. The molecule has 0 aromatic carbocycles. The monoisotopic (exact) mass is 233 g/mol. The van der Waals surface area contributed by atoms with E-state index in [0.29, 0.717) is 0 Å². The summed E-state index contributed by atoms with van der Waals surface area (Å²) in [5, 5.41) is 11.9. The van der Waals surface area contributed by atoms with Crippen molar-refractivity contribution in [3.8, 4) is 0 Å². The van der Waals surface area contributed by atoms with E-state index in [2.05, 4.69) is 36.3 Å². The minimum Gasteiger partial charge on any atom is -0.378 e. The quantitative estimate of drug-likeness (QED) is 0.859. The van der Waals surface area contributed by atoms with Crippen LogP contribution in [0.25, 0.3) is 0 Å². The van der Waals surface area contributed by atoms with Crippen molar-refractivity contribution < 1.29 is 0 Å². The zero-order valence-electron chi connectivity index (χ0n) is 10.6. The predicted octanol–water partition coefficient (Wildman–Crippen LogP) is 2.04. The maximum absolute atomic E-state index is 4.32. The van der Waals surface area contributed by atoms with Gasteiger partial charge in [-0.2, -0.15) is 10.2 Å². The summed E-state index contributed by atoms with van der Waals surface area (Å²) in [6, 6.07) is 0. The van der Waals surface area contributed by atoms with Crippen molar-refractivity contribution in [2.45, 2.75) is 40.4 Å². The minimum atomic E-state index is 0.793. The van der Waals surface area contributed by atoms with Crippen LogP contribution in [0.5, 0.6) is 0 Å². The smallest absolute Gasteiger partial charge is 0.0729 e. The molecule has 0 atom stereocenters. The normalized spacial score (nSPS) is 10.8. The summed E-state index contributed by atoms with van der Waals surface area (Å²) < 4.78 is 3.91. The van der Waals surface area contributed by atoms with Crippen LogP contribution in [0, 0.1) is 6.92 Å². The molecule has 0 aliphatic carbocycles. The van der Waals surface area contributed by atoms with Gasteiger partial charge in [0.2, 0.25) is 0 Å². The Balaban J connectivity index is 1.99. The first kappa shape index (κ1) is 11.7. The molecule has 1 N–H and O–H groups in total. The molecule has 0 fully saturated rings. The van der Waals surface area contributed by atoms with Gasteiger partial charge in [-0.15, -0.1) is 0 Å². The Hall–Kier alpha value is -1.78. The SMILES string of the molecule is CCn1cc(NCc2cnn(CC)c2C)cn1. The molecule has 2 aromatic rings. The van der Waals surface area contributed by atoms with Crippen molar-refractivity contribution in [1.29, 1.82) is 0 Å². The summed E-state index contributed by atoms with van der Waals surface area (Å²) >= 11 is 0. The average Bonchev–Trinajstić information content (AvgIpc) is 2.93. The highest BCUT2D eigenvalue weighted by Gasteiger charge is 2.05. The number of hydrogen-bond acceptors (Lipinski definition) is 3. The number of aromatic nitrogens is 4. The molecule has 5 heteroatoms. The summed E-state index contributed by atoms with van der Waals surface area (Å²) in [5.41, 5.74) is 3.51. The maximum atomic E-state index is 4.32. The van der Waals surface area contributed by atoms with Gasteiger partial charge in [0.1, 0.15) is 0 Å². The number of nitrogens with zero attached hydrogens (tertiary/aromatic N) is 4. The molecule has 5 nitrogen and oxygen atoms in total. The van der Waals surface area contributed by atoms with E-state index >= 15 is 0 Å². The largest absolute Gasteiger partial charge is 0.378 e. The molecule has 0 bridgehead atoms. The van der Waals surface area contributed by atoms with Crippen molar-refractivity contribution in [3.05, 3.63) is 29.8 Å². The van der Waals surface area contributed by atoms with Gasteiger partial charge < -0.3 is 5.32 Å². The van der Waals surface area contributed by atoms with E-state index in [1.54, 1.807) is 0 Å². The first-order valence-electron chi connectivity index (χ1n) is 6.02. The highest BCUT2D eigenvalue weighted by molar-refractivity contribution is 5.39. The van der Waals surface area contributed by atoms with E-state index in [4.69, 9.17) is 0 Å². The van der Waals surface area contributed by atoms with Gasteiger partial charge in [0, 0.05) is 37.1 Å². The second-order valence-corrected chi connectivity index (χ2v) is 4.01. The molecule has 0 unspecified atom stereocenters. The minimum absolute atomic E-state index is 0.793. The van der Waals surface area contributed by atoms with Gasteiger partial charge in [-0.25, -0.2) is 0 Å². The van der Waals surface area contributed by atoms with Gasteiger partial charge >= 0.3 is 0 Å². The third-order valence-electron chi connectivity index (χ3n) is 2.94. The molecular weight excluding hydrogens is 214 g/mol. The van der Waals surface area contributed by atoms with Crippen LogP contribution in [0.15, 0.2) is 18.6 Å². The molecule has 0 spiro atoms. The Morgan fingerprint density at radius 1 is 1.18 bits per heavy atom. The standard InChI is InChI=1S/C12H19N5/c1-4-16-9-12(8-14-16)13-6-11-7-15-17(5-2)10(11)3/h7-9,13H,4-6H2,1-3H3. The molecule has 0 saturated carbocycles. The van der Waals surface area contributed by atoms with Crippen molar-refractivity contribution in [1.82, 2.24) is 19.6 Å². The number of anilines is 1. The lowest BCUT2D eigenvalue weighted by Gasteiger charge is -2.04. The maximum Gasteiger partial charge on any atom is 0.0729 e. The average molecular weight is 233 g/mol. The summed E-state index contributed by atoms with van der Waals surface area (Å²) in [7, 11) is 0. The van der Waals surface area contributed by atoms with Crippen molar-refractivity contribution in [3.63, 3.8) is 0 Å². The zero-order valence-corrected chi connectivity index (χ0v) is 10.6. The first-order chi connectivity index (χ1) is 8.24. The Morgan fingerprint density at radius 3 is 2.59 bits per heavy atom. The van der Waals surface area contributed by atoms with E-state index < -0.39 is 0 Å². The fourth-order valence-corrected chi connectivity index (χ4v) is 1.80. The van der Waals surface area contributed by atoms with Crippen molar-refractivity contribution >= 4 is 5.69 Å². The Labute approximate surface area is 101 Å². The lowest BCUT2D eigenvalue weighted by atomic mass is 10.2. The third kappa shape index (κ3) is 2.49. The lowest BCUT2D eigenvalue weighted by Crippen LogP contribution is -2.02. The zero-order chi connectivity index (χ0) is 12.3. The molecule has 2 aromatic heterocycles. The molecule has 2 heterocycles. The van der Waals surface area contributed by atoms with Crippen LogP contribution in [0.1, 0.15) is 25.1 Å². The fourth-order valence-electron chi connectivity index (χ4n) is 1.80. The summed E-state index contributed by atoms with van der Waals surface area (Å²) in [5.74, 6) is 0. The number of nitrogens with one attached hydrogen (secondary N) is 1. The molecular formula is C12H19N5. The first-order valence-corrected chi connectivity index (χ1v) is 6.02. The highest BCUT2D eigenvalue weighted by atomic mass is 15.3. The van der Waals surface area contributed by atoms with Crippen LogP contribution in [-0.4, -0.2) is 19.6 Å². The Bertz CT molecular complexity index is 483. The second-order valence-electron chi connectivity index (χ2n) is 4.01. The van der Waals surface area contributed by atoms with Crippen molar-refractivity contribution in [2.24, 2.45) is 0 Å². The van der Waals surface area contributed by atoms with Gasteiger partial charge in [-0.3, -0.25) is 9.36 Å². The summed E-state index contributed by atoms with van der Waals surface area (Å²) in [6.45, 7) is 8.88. The van der Waals surface area contributed by atoms with Crippen LogP contribution in [0.4, 0.5) is 5.69 Å². The molecule has 0 saturated heterocycles. The van der Waals surface area contributed by atoms with Crippen molar-refractivity contribution in [2.75, 3.05) is 5.32 Å². The number of rotatable bonds is 5. The van der Waals surface area contributed by atoms with Crippen LogP contribution in [0.2, 0.25) is 0 Å². The number of aryl methyl sites for hydroxylation is 2. The Morgan fingerprint density at radius 2 is 2.00 bits per heavy atom. The molecule has 92 valence electrons. The van der Waals surface area contributed by atoms with Crippen LogP contribution in [-0.2, 0) is 19.6 Å². The Kier molecular flexibility index (Phi) is 3.46. The van der Waals surface area contributed by atoms with E-state index in [1.165, 1.54) is 11.3 Å². The molecule has 0 aliphatic heterocycles. The highest BCUT2D eigenvalue weighted by Crippen LogP contribution is 2.11. The van der Waals surface area contributed by atoms with Crippen LogP contribution in [0.3, 0.4) is 0 Å². The number of hydrogen-bond donors (Lipinski definition) is 1.